The van der Waals surface area contributed by atoms with E-state index in [4.69, 9.17) is 0 Å². The highest BCUT2D eigenvalue weighted by Gasteiger charge is 2.47. The minimum atomic E-state index is -0.714. The van der Waals surface area contributed by atoms with Crippen molar-refractivity contribution in [2.75, 3.05) is 0 Å². The molecular weight excluding hydrogens is 220 g/mol. The van der Waals surface area contributed by atoms with Crippen LogP contribution in [-0.2, 0) is 11.3 Å². The van der Waals surface area contributed by atoms with Crippen LogP contribution in [0.5, 0.6) is 0 Å². The van der Waals surface area contributed by atoms with Crippen LogP contribution in [0.25, 0.3) is 0 Å². The molecule has 1 heterocycles. The lowest BCUT2D eigenvalue weighted by Crippen LogP contribution is -2.42. The summed E-state index contributed by atoms with van der Waals surface area (Å²) < 4.78 is 1.71. The Kier molecular flexibility index (Phi) is 2.21. The topological polar surface area (TPSA) is 80.9 Å². The van der Waals surface area contributed by atoms with Crippen LogP contribution < -0.4 is 0 Å². The molecule has 0 aliphatic heterocycles. The van der Waals surface area contributed by atoms with Gasteiger partial charge in [-0.3, -0.25) is 4.79 Å². The van der Waals surface area contributed by atoms with Gasteiger partial charge in [-0.05, 0) is 35.6 Å². The van der Waals surface area contributed by atoms with Gasteiger partial charge in [-0.15, -0.1) is 5.10 Å². The summed E-state index contributed by atoms with van der Waals surface area (Å²) in [5.74, 6) is 1.21. The molecular formula is C11H16N4O2. The highest BCUT2D eigenvalue weighted by molar-refractivity contribution is 5.75. The van der Waals surface area contributed by atoms with Gasteiger partial charge in [-0.25, -0.2) is 4.68 Å². The number of carboxylic acid groups (broad SMARTS) is 1. The summed E-state index contributed by atoms with van der Waals surface area (Å²) in [4.78, 5) is 11.3. The Hall–Kier alpha value is -1.46. The minimum Gasteiger partial charge on any atom is -0.481 e. The quantitative estimate of drug-likeness (QED) is 0.845. The van der Waals surface area contributed by atoms with Crippen LogP contribution >= 0.6 is 0 Å². The molecule has 2 unspecified atom stereocenters. The van der Waals surface area contributed by atoms with E-state index >= 15 is 0 Å². The maximum absolute atomic E-state index is 11.3. The Balaban J connectivity index is 1.81. The van der Waals surface area contributed by atoms with Crippen molar-refractivity contribution in [3.63, 3.8) is 0 Å². The summed E-state index contributed by atoms with van der Waals surface area (Å²) >= 11 is 0. The maximum atomic E-state index is 11.3. The lowest BCUT2D eigenvalue weighted by atomic mass is 9.69. The second-order valence-electron chi connectivity index (χ2n) is 5.45. The van der Waals surface area contributed by atoms with Crippen molar-refractivity contribution in [2.24, 2.45) is 11.3 Å². The van der Waals surface area contributed by atoms with Crippen LogP contribution in [0.15, 0.2) is 0 Å². The van der Waals surface area contributed by atoms with E-state index in [0.717, 1.165) is 31.5 Å². The first kappa shape index (κ1) is 10.7. The molecule has 6 nitrogen and oxygen atoms in total. The summed E-state index contributed by atoms with van der Waals surface area (Å²) in [6, 6.07) is 0. The molecule has 0 aromatic carbocycles. The molecule has 2 atom stereocenters. The minimum absolute atomic E-state index is 0.424. The van der Waals surface area contributed by atoms with Gasteiger partial charge in [0.1, 0.15) is 0 Å². The molecule has 1 N–H and O–H groups in total. The van der Waals surface area contributed by atoms with Gasteiger partial charge in [-0.1, -0.05) is 13.3 Å². The molecule has 3 rings (SSSR count). The van der Waals surface area contributed by atoms with E-state index in [-0.39, 0.29) is 0 Å². The number of aromatic nitrogens is 4. The van der Waals surface area contributed by atoms with Gasteiger partial charge in [0.25, 0.3) is 0 Å². The molecule has 0 bridgehead atoms. The predicted molar refractivity (Wildman–Crippen MR) is 58.3 cm³/mol. The predicted octanol–water partition coefficient (Wildman–Crippen LogP) is 1.05. The van der Waals surface area contributed by atoms with E-state index in [1.807, 2.05) is 0 Å². The van der Waals surface area contributed by atoms with E-state index in [9.17, 15) is 9.90 Å². The van der Waals surface area contributed by atoms with Crippen molar-refractivity contribution in [1.82, 2.24) is 20.2 Å². The summed E-state index contributed by atoms with van der Waals surface area (Å²) in [5, 5.41) is 21.0. The number of nitrogens with zero attached hydrogens (tertiary/aromatic N) is 4. The highest BCUT2D eigenvalue weighted by atomic mass is 16.4. The first-order valence-electron chi connectivity index (χ1n) is 6.12. The van der Waals surface area contributed by atoms with Crippen LogP contribution in [-0.4, -0.2) is 31.3 Å². The van der Waals surface area contributed by atoms with Crippen molar-refractivity contribution < 1.29 is 9.90 Å². The van der Waals surface area contributed by atoms with Crippen molar-refractivity contribution in [1.29, 1.82) is 0 Å². The molecule has 17 heavy (non-hydrogen) atoms. The SMILES string of the molecule is CC1CC1c1nnnn1CC1(C(=O)O)CCC1. The van der Waals surface area contributed by atoms with Crippen LogP contribution in [0, 0.1) is 11.3 Å². The molecule has 0 spiro atoms. The monoisotopic (exact) mass is 236 g/mol. The molecule has 92 valence electrons. The van der Waals surface area contributed by atoms with Gasteiger partial charge >= 0.3 is 5.97 Å². The average Bonchev–Trinajstić information content (AvgIpc) is 2.76. The molecule has 0 saturated heterocycles. The number of carbonyl (C=O) groups is 1. The molecule has 6 heteroatoms. The Bertz CT molecular complexity index is 452. The third-order valence-electron chi connectivity index (χ3n) is 4.22. The lowest BCUT2D eigenvalue weighted by molar-refractivity contribution is -0.156. The number of carboxylic acids is 1. The normalized spacial score (nSPS) is 29.7. The van der Waals surface area contributed by atoms with E-state index in [1.165, 1.54) is 0 Å². The Morgan fingerprint density at radius 2 is 2.29 bits per heavy atom. The summed E-state index contributed by atoms with van der Waals surface area (Å²) in [7, 11) is 0. The average molecular weight is 236 g/mol. The number of tetrazole rings is 1. The standard InChI is InChI=1S/C11H16N4O2/c1-7-5-8(7)9-12-13-14-15(9)6-11(10(16)17)3-2-4-11/h7-8H,2-6H2,1H3,(H,16,17). The van der Waals surface area contributed by atoms with Crippen molar-refractivity contribution in [3.05, 3.63) is 5.82 Å². The molecule has 2 fully saturated rings. The maximum Gasteiger partial charge on any atom is 0.311 e. The molecule has 0 radical (unpaired) electrons. The zero-order valence-corrected chi connectivity index (χ0v) is 9.83. The highest BCUT2D eigenvalue weighted by Crippen LogP contribution is 2.47. The molecule has 2 aliphatic carbocycles. The van der Waals surface area contributed by atoms with Crippen molar-refractivity contribution in [3.8, 4) is 0 Å². The molecule has 2 aliphatic rings. The van der Waals surface area contributed by atoms with Gasteiger partial charge in [0.15, 0.2) is 5.82 Å². The van der Waals surface area contributed by atoms with Gasteiger partial charge < -0.3 is 5.11 Å². The van der Waals surface area contributed by atoms with E-state index in [1.54, 1.807) is 4.68 Å². The van der Waals surface area contributed by atoms with Crippen molar-refractivity contribution in [2.45, 2.75) is 45.1 Å². The van der Waals surface area contributed by atoms with E-state index in [2.05, 4.69) is 22.4 Å². The van der Waals surface area contributed by atoms with Gasteiger partial charge in [0, 0.05) is 5.92 Å². The zero-order valence-electron chi connectivity index (χ0n) is 9.83. The molecule has 1 aromatic rings. The first-order valence-corrected chi connectivity index (χ1v) is 6.12. The Morgan fingerprint density at radius 3 is 2.76 bits per heavy atom. The van der Waals surface area contributed by atoms with Gasteiger partial charge in [-0.2, -0.15) is 0 Å². The second-order valence-corrected chi connectivity index (χ2v) is 5.45. The molecule has 0 amide bonds. The van der Waals surface area contributed by atoms with Crippen LogP contribution in [0.2, 0.25) is 0 Å². The Morgan fingerprint density at radius 1 is 1.59 bits per heavy atom. The Labute approximate surface area is 99.0 Å². The molecule has 2 saturated carbocycles. The lowest BCUT2D eigenvalue weighted by Gasteiger charge is -2.37. The smallest absolute Gasteiger partial charge is 0.311 e. The van der Waals surface area contributed by atoms with Crippen molar-refractivity contribution >= 4 is 5.97 Å². The van der Waals surface area contributed by atoms with Gasteiger partial charge in [0.2, 0.25) is 0 Å². The third kappa shape index (κ3) is 1.62. The fourth-order valence-electron chi connectivity index (χ4n) is 2.60. The fraction of sp³-hybridized carbons (Fsp3) is 0.818. The van der Waals surface area contributed by atoms with Crippen LogP contribution in [0.1, 0.15) is 44.3 Å². The molecule has 1 aromatic heterocycles. The summed E-state index contributed by atoms with van der Waals surface area (Å²) in [6.45, 7) is 2.59. The summed E-state index contributed by atoms with van der Waals surface area (Å²) in [6.07, 6.45) is 3.58. The third-order valence-corrected chi connectivity index (χ3v) is 4.22. The van der Waals surface area contributed by atoms with Gasteiger partial charge in [0.05, 0.1) is 12.0 Å². The summed E-state index contributed by atoms with van der Waals surface area (Å²) in [5.41, 5.74) is -0.623. The van der Waals surface area contributed by atoms with Crippen LogP contribution in [0.3, 0.4) is 0 Å². The van der Waals surface area contributed by atoms with Crippen LogP contribution in [0.4, 0.5) is 0 Å². The van der Waals surface area contributed by atoms with E-state index < -0.39 is 11.4 Å². The van der Waals surface area contributed by atoms with E-state index in [0.29, 0.717) is 18.4 Å². The number of aliphatic carboxylic acids is 1. The first-order chi connectivity index (χ1) is 8.12. The number of hydrogen-bond acceptors (Lipinski definition) is 4. The second kappa shape index (κ2) is 3.51. The number of rotatable bonds is 4. The largest absolute Gasteiger partial charge is 0.481 e. The fourth-order valence-corrected chi connectivity index (χ4v) is 2.60. The zero-order chi connectivity index (χ0) is 12.0. The number of hydrogen-bond donors (Lipinski definition) is 1.